The van der Waals surface area contributed by atoms with Gasteiger partial charge < -0.3 is 15.1 Å². The summed E-state index contributed by atoms with van der Waals surface area (Å²) in [6.07, 6.45) is 2.42. The van der Waals surface area contributed by atoms with Crippen LogP contribution in [0.15, 0.2) is 66.2 Å². The van der Waals surface area contributed by atoms with Crippen LogP contribution in [0.3, 0.4) is 0 Å². The van der Waals surface area contributed by atoms with Gasteiger partial charge in [0.1, 0.15) is 6.54 Å². The largest absolute Gasteiger partial charge is 0.329 e. The summed E-state index contributed by atoms with van der Waals surface area (Å²) in [6, 6.07) is 17.5. The number of amides is 2. The molecule has 0 aliphatic carbocycles. The lowest BCUT2D eigenvalue weighted by Crippen LogP contribution is -2.39. The van der Waals surface area contributed by atoms with Crippen molar-refractivity contribution >= 4 is 28.3 Å². The second kappa shape index (κ2) is 10.7. The van der Waals surface area contributed by atoms with E-state index < -0.39 is 0 Å². The number of carbonyl (C=O) groups is 2. The zero-order chi connectivity index (χ0) is 21.3. The summed E-state index contributed by atoms with van der Waals surface area (Å²) in [5.74, 6) is -0.397. The zero-order valence-electron chi connectivity index (χ0n) is 17.2. The highest BCUT2D eigenvalue weighted by Gasteiger charge is 2.19. The molecule has 0 aliphatic heterocycles. The van der Waals surface area contributed by atoms with Gasteiger partial charge in [0, 0.05) is 23.7 Å². The Bertz CT molecular complexity index is 941. The molecule has 2 amide bonds. The summed E-state index contributed by atoms with van der Waals surface area (Å²) in [4.78, 5) is 33.3. The van der Waals surface area contributed by atoms with Crippen molar-refractivity contribution in [2.75, 3.05) is 39.0 Å². The van der Waals surface area contributed by atoms with Crippen molar-refractivity contribution < 1.29 is 9.59 Å². The molecule has 0 bridgehead atoms. The van der Waals surface area contributed by atoms with E-state index in [9.17, 15) is 9.59 Å². The van der Waals surface area contributed by atoms with Crippen LogP contribution in [-0.2, 0) is 4.79 Å². The minimum absolute atomic E-state index is 0.00766. The molecule has 2 aromatic carbocycles. The van der Waals surface area contributed by atoms with Gasteiger partial charge in [0.2, 0.25) is 5.91 Å². The Morgan fingerprint density at radius 3 is 2.30 bits per heavy atom. The monoisotopic (exact) mass is 422 g/mol. The maximum atomic E-state index is 13.1. The average Bonchev–Trinajstić information content (AvgIpc) is 3.26. The molecule has 0 atom stereocenters. The molecule has 0 saturated heterocycles. The van der Waals surface area contributed by atoms with Gasteiger partial charge in [-0.3, -0.25) is 9.59 Å². The smallest absolute Gasteiger partial charge is 0.254 e. The first-order chi connectivity index (χ1) is 14.5. The molecule has 1 heterocycles. The zero-order valence-corrected chi connectivity index (χ0v) is 18.1. The molecular weight excluding hydrogens is 396 g/mol. The predicted molar refractivity (Wildman–Crippen MR) is 122 cm³/mol. The first kappa shape index (κ1) is 21.7. The van der Waals surface area contributed by atoms with E-state index in [0.717, 1.165) is 24.1 Å². The van der Waals surface area contributed by atoms with Gasteiger partial charge in [0.05, 0.1) is 0 Å². The molecule has 30 heavy (non-hydrogen) atoms. The average molecular weight is 423 g/mol. The van der Waals surface area contributed by atoms with Gasteiger partial charge in [-0.1, -0.05) is 42.5 Å². The second-order valence-corrected chi connectivity index (χ2v) is 8.11. The first-order valence-corrected chi connectivity index (χ1v) is 10.7. The SMILES string of the molecule is CN(C)CCCN(CC(=O)Nc1nccs1)C(=O)c1ccc(-c2ccccc2)cc1. The van der Waals surface area contributed by atoms with Crippen molar-refractivity contribution in [2.45, 2.75) is 6.42 Å². The molecule has 0 fully saturated rings. The van der Waals surface area contributed by atoms with Crippen LogP contribution < -0.4 is 5.32 Å². The number of anilines is 1. The molecule has 0 unspecified atom stereocenters. The lowest BCUT2D eigenvalue weighted by molar-refractivity contribution is -0.116. The fraction of sp³-hybridized carbons (Fsp3) is 0.261. The van der Waals surface area contributed by atoms with Crippen LogP contribution in [0.25, 0.3) is 11.1 Å². The molecule has 7 heteroatoms. The summed E-state index contributed by atoms with van der Waals surface area (Å²) in [5, 5.41) is 5.08. The standard InChI is InChI=1S/C23H26N4O2S/c1-26(2)14-6-15-27(17-21(28)25-23-24-13-16-30-23)22(29)20-11-9-19(10-12-20)18-7-4-3-5-8-18/h3-5,7-13,16H,6,14-15,17H2,1-2H3,(H,24,25,28). The number of nitrogens with one attached hydrogen (secondary N) is 1. The fourth-order valence-corrected chi connectivity index (χ4v) is 3.61. The molecule has 3 aromatic rings. The van der Waals surface area contributed by atoms with Crippen LogP contribution >= 0.6 is 11.3 Å². The Hall–Kier alpha value is -3.03. The Morgan fingerprint density at radius 1 is 0.967 bits per heavy atom. The second-order valence-electron chi connectivity index (χ2n) is 7.21. The Kier molecular flexibility index (Phi) is 7.70. The van der Waals surface area contributed by atoms with Gasteiger partial charge in [-0.15, -0.1) is 11.3 Å². The number of hydrogen-bond donors (Lipinski definition) is 1. The summed E-state index contributed by atoms with van der Waals surface area (Å²) in [5.41, 5.74) is 2.72. The van der Waals surface area contributed by atoms with Crippen LogP contribution in [0.2, 0.25) is 0 Å². The summed E-state index contributed by atoms with van der Waals surface area (Å²) < 4.78 is 0. The van der Waals surface area contributed by atoms with Crippen molar-refractivity contribution in [2.24, 2.45) is 0 Å². The minimum Gasteiger partial charge on any atom is -0.329 e. The van der Waals surface area contributed by atoms with Crippen LogP contribution in [0.4, 0.5) is 5.13 Å². The molecule has 1 aromatic heterocycles. The molecule has 0 radical (unpaired) electrons. The van der Waals surface area contributed by atoms with Crippen molar-refractivity contribution in [3.8, 4) is 11.1 Å². The van der Waals surface area contributed by atoms with Crippen molar-refractivity contribution in [1.82, 2.24) is 14.8 Å². The van der Waals surface area contributed by atoms with Crippen LogP contribution in [0.5, 0.6) is 0 Å². The summed E-state index contributed by atoms with van der Waals surface area (Å²) in [7, 11) is 3.98. The van der Waals surface area contributed by atoms with Gasteiger partial charge in [-0.25, -0.2) is 4.98 Å². The third-order valence-electron chi connectivity index (χ3n) is 4.57. The lowest BCUT2D eigenvalue weighted by atomic mass is 10.0. The molecule has 6 nitrogen and oxygen atoms in total. The number of carbonyl (C=O) groups excluding carboxylic acids is 2. The highest BCUT2D eigenvalue weighted by Crippen LogP contribution is 2.20. The molecule has 0 spiro atoms. The van der Waals surface area contributed by atoms with E-state index in [-0.39, 0.29) is 18.4 Å². The maximum Gasteiger partial charge on any atom is 0.254 e. The van der Waals surface area contributed by atoms with E-state index in [2.05, 4.69) is 15.2 Å². The molecular formula is C23H26N4O2S. The lowest BCUT2D eigenvalue weighted by Gasteiger charge is -2.23. The maximum absolute atomic E-state index is 13.1. The first-order valence-electron chi connectivity index (χ1n) is 9.82. The van der Waals surface area contributed by atoms with Crippen LogP contribution in [0.1, 0.15) is 16.8 Å². The Morgan fingerprint density at radius 2 is 1.67 bits per heavy atom. The number of nitrogens with zero attached hydrogens (tertiary/aromatic N) is 3. The molecule has 3 rings (SSSR count). The quantitative estimate of drug-likeness (QED) is 0.569. The Balaban J connectivity index is 1.70. The van der Waals surface area contributed by atoms with E-state index in [0.29, 0.717) is 17.2 Å². The fourth-order valence-electron chi connectivity index (χ4n) is 3.07. The van der Waals surface area contributed by atoms with Gasteiger partial charge in [-0.2, -0.15) is 0 Å². The van der Waals surface area contributed by atoms with E-state index in [4.69, 9.17) is 0 Å². The molecule has 1 N–H and O–H groups in total. The number of rotatable bonds is 9. The van der Waals surface area contributed by atoms with Crippen molar-refractivity contribution in [3.63, 3.8) is 0 Å². The van der Waals surface area contributed by atoms with Crippen molar-refractivity contribution in [3.05, 3.63) is 71.7 Å². The predicted octanol–water partition coefficient (Wildman–Crippen LogP) is 3.84. The highest BCUT2D eigenvalue weighted by atomic mass is 32.1. The van der Waals surface area contributed by atoms with Crippen LogP contribution in [-0.4, -0.2) is 60.3 Å². The van der Waals surface area contributed by atoms with E-state index >= 15 is 0 Å². The van der Waals surface area contributed by atoms with Gasteiger partial charge in [0.15, 0.2) is 5.13 Å². The third kappa shape index (κ3) is 6.23. The molecule has 0 saturated carbocycles. The van der Waals surface area contributed by atoms with Crippen LogP contribution in [0, 0.1) is 0 Å². The third-order valence-corrected chi connectivity index (χ3v) is 5.26. The van der Waals surface area contributed by atoms with Crippen molar-refractivity contribution in [1.29, 1.82) is 0 Å². The molecule has 0 aliphatic rings. The van der Waals surface area contributed by atoms with Gasteiger partial charge in [0.25, 0.3) is 5.91 Å². The summed E-state index contributed by atoms with van der Waals surface area (Å²) in [6.45, 7) is 1.33. The van der Waals surface area contributed by atoms with E-state index in [1.165, 1.54) is 11.3 Å². The normalized spacial score (nSPS) is 10.8. The van der Waals surface area contributed by atoms with Gasteiger partial charge in [-0.05, 0) is 50.3 Å². The minimum atomic E-state index is -0.246. The Labute approximate surface area is 181 Å². The number of thiazole rings is 1. The molecule has 156 valence electrons. The number of aromatic nitrogens is 1. The number of hydrogen-bond acceptors (Lipinski definition) is 5. The number of benzene rings is 2. The van der Waals surface area contributed by atoms with E-state index in [1.54, 1.807) is 16.5 Å². The van der Waals surface area contributed by atoms with E-state index in [1.807, 2.05) is 68.7 Å². The summed E-state index contributed by atoms with van der Waals surface area (Å²) >= 11 is 1.35. The highest BCUT2D eigenvalue weighted by molar-refractivity contribution is 7.13. The van der Waals surface area contributed by atoms with Gasteiger partial charge >= 0.3 is 0 Å². The topological polar surface area (TPSA) is 65.5 Å².